The fourth-order valence-corrected chi connectivity index (χ4v) is 5.61. The Bertz CT molecular complexity index is 1400. The Morgan fingerprint density at radius 3 is 2.59 bits per heavy atom. The van der Waals surface area contributed by atoms with Crippen molar-refractivity contribution in [2.45, 2.75) is 63.2 Å². The van der Waals surface area contributed by atoms with E-state index in [1.54, 1.807) is 0 Å². The van der Waals surface area contributed by atoms with Crippen LogP contribution in [0.2, 0.25) is 0 Å². The van der Waals surface area contributed by atoms with Crippen LogP contribution in [0.3, 0.4) is 0 Å². The second kappa shape index (κ2) is 9.82. The zero-order valence-electron chi connectivity index (χ0n) is 20.8. The molecule has 1 aliphatic carbocycles. The van der Waals surface area contributed by atoms with Gasteiger partial charge in [-0.3, -0.25) is 4.79 Å². The van der Waals surface area contributed by atoms with Crippen LogP contribution in [0.4, 0.5) is 5.82 Å². The lowest BCUT2D eigenvalue weighted by atomic mass is 9.84. The highest BCUT2D eigenvalue weighted by Crippen LogP contribution is 2.37. The van der Waals surface area contributed by atoms with Gasteiger partial charge >= 0.3 is 0 Å². The van der Waals surface area contributed by atoms with Gasteiger partial charge in [0.25, 0.3) is 0 Å². The summed E-state index contributed by atoms with van der Waals surface area (Å²) in [7, 11) is 0. The summed E-state index contributed by atoms with van der Waals surface area (Å²) in [4.78, 5) is 21.3. The maximum absolute atomic E-state index is 12.5. The number of hydrogen-bond acceptors (Lipinski definition) is 7. The van der Waals surface area contributed by atoms with Gasteiger partial charge in [-0.25, -0.2) is 14.6 Å². The first-order valence-electron chi connectivity index (χ1n) is 13.0. The molecule has 0 bridgehead atoms. The molecule has 1 saturated carbocycles. The van der Waals surface area contributed by atoms with Gasteiger partial charge in [0.15, 0.2) is 5.65 Å². The first-order valence-corrected chi connectivity index (χ1v) is 13.0. The van der Waals surface area contributed by atoms with Crippen molar-refractivity contribution < 1.29 is 9.53 Å². The molecule has 0 radical (unpaired) electrons. The molecule has 9 nitrogen and oxygen atoms in total. The van der Waals surface area contributed by atoms with Gasteiger partial charge in [0.2, 0.25) is 5.91 Å². The van der Waals surface area contributed by atoms with E-state index in [2.05, 4.69) is 27.5 Å². The van der Waals surface area contributed by atoms with Gasteiger partial charge in [-0.15, -0.1) is 0 Å². The number of fused-ring (bicyclic) bond motifs is 2. The molecule has 1 aliphatic heterocycles. The lowest BCUT2D eigenvalue weighted by Gasteiger charge is -2.43. The highest BCUT2D eigenvalue weighted by atomic mass is 16.5. The normalized spacial score (nSPS) is 23.4. The zero-order valence-corrected chi connectivity index (χ0v) is 20.8. The molecule has 2 fully saturated rings. The van der Waals surface area contributed by atoms with Crippen molar-refractivity contribution in [1.82, 2.24) is 30.4 Å². The molecule has 9 heteroatoms. The molecule has 1 amide bonds. The number of nitrogens with one attached hydrogen (secondary N) is 2. The number of aromatic nitrogens is 4. The number of hydrogen-bond donors (Lipinski definition) is 3. The van der Waals surface area contributed by atoms with Crippen LogP contribution >= 0.6 is 0 Å². The molecule has 4 atom stereocenters. The van der Waals surface area contributed by atoms with Crippen LogP contribution in [0.15, 0.2) is 60.9 Å². The van der Waals surface area contributed by atoms with E-state index in [1.165, 1.54) is 6.33 Å². The summed E-state index contributed by atoms with van der Waals surface area (Å²) >= 11 is 0. The molecule has 3 heterocycles. The molecule has 2 aromatic heterocycles. The number of nitrogens with zero attached hydrogens (tertiary/aromatic N) is 4. The summed E-state index contributed by atoms with van der Waals surface area (Å²) in [6.45, 7) is 2.10. The quantitative estimate of drug-likeness (QED) is 0.365. The fourth-order valence-electron chi connectivity index (χ4n) is 5.61. The Kier molecular flexibility index (Phi) is 6.21. The van der Waals surface area contributed by atoms with Gasteiger partial charge in [-0.05, 0) is 62.1 Å². The number of carbonyl (C=O) groups is 1. The Morgan fingerprint density at radius 2 is 1.81 bits per heavy atom. The Morgan fingerprint density at radius 1 is 1.03 bits per heavy atom. The van der Waals surface area contributed by atoms with E-state index in [-0.39, 0.29) is 30.1 Å². The number of piperazine rings is 1. The smallest absolute Gasteiger partial charge is 0.237 e. The molecule has 4 unspecified atom stereocenters. The van der Waals surface area contributed by atoms with E-state index >= 15 is 0 Å². The maximum Gasteiger partial charge on any atom is 0.237 e. The van der Waals surface area contributed by atoms with E-state index in [0.29, 0.717) is 5.82 Å². The number of nitrogen functional groups attached to an aromatic ring is 1. The van der Waals surface area contributed by atoms with Crippen molar-refractivity contribution in [1.29, 1.82) is 0 Å². The first-order chi connectivity index (χ1) is 18.1. The van der Waals surface area contributed by atoms with Crippen LogP contribution < -0.4 is 21.1 Å². The summed E-state index contributed by atoms with van der Waals surface area (Å²) in [5.41, 5.74) is 8.77. The summed E-state index contributed by atoms with van der Waals surface area (Å²) in [5.74, 6) is 2.06. The van der Waals surface area contributed by atoms with E-state index in [4.69, 9.17) is 15.6 Å². The lowest BCUT2D eigenvalue weighted by molar-refractivity contribution is -0.127. The van der Waals surface area contributed by atoms with E-state index in [1.807, 2.05) is 59.3 Å². The van der Waals surface area contributed by atoms with Crippen molar-refractivity contribution in [2.75, 3.05) is 5.73 Å². The molecular weight excluding hydrogens is 466 g/mol. The van der Waals surface area contributed by atoms with Crippen molar-refractivity contribution >= 4 is 22.8 Å². The minimum Gasteiger partial charge on any atom is -0.457 e. The number of carbonyl (C=O) groups excluding carboxylic acids is 1. The van der Waals surface area contributed by atoms with Crippen LogP contribution in [-0.2, 0) is 4.79 Å². The molecule has 1 saturated heterocycles. The van der Waals surface area contributed by atoms with Crippen molar-refractivity contribution in [3.63, 3.8) is 0 Å². The van der Waals surface area contributed by atoms with Crippen molar-refractivity contribution in [3.05, 3.63) is 60.9 Å². The molecule has 2 aliphatic rings. The average Bonchev–Trinajstić information content (AvgIpc) is 3.31. The standard InChI is InChI=1S/C28H31N7O2/c1-2-6-22-28(36)33-21-14-11-18(15-23(21)32-22)35-27-24(26(29)30-16-31-27)25(34-35)17-9-12-20(13-10-17)37-19-7-4-3-5-8-19/h3-5,7-10,12-13,16,18,21-23,32H,2,6,11,14-15H2,1H3,(H,33,36)(H2,29,30,31). The SMILES string of the molecule is CCCC1NC2CC(n3nc(-c4ccc(Oc5ccccc5)cc4)c4c(N)ncnc43)CCC2NC1=O. The molecule has 4 N–H and O–H groups in total. The Balaban J connectivity index is 1.30. The average molecular weight is 498 g/mol. The van der Waals surface area contributed by atoms with Crippen LogP contribution in [0.25, 0.3) is 22.3 Å². The number of amides is 1. The minimum absolute atomic E-state index is 0.119. The van der Waals surface area contributed by atoms with Crippen LogP contribution in [0, 0.1) is 0 Å². The van der Waals surface area contributed by atoms with Gasteiger partial charge in [-0.2, -0.15) is 5.10 Å². The number of nitrogens with two attached hydrogens (primary N) is 1. The van der Waals surface area contributed by atoms with E-state index in [0.717, 1.165) is 65.9 Å². The summed E-state index contributed by atoms with van der Waals surface area (Å²) in [5, 5.41) is 12.6. The molecule has 2 aromatic carbocycles. The topological polar surface area (TPSA) is 120 Å². The second-order valence-corrected chi connectivity index (χ2v) is 9.89. The molecule has 190 valence electrons. The van der Waals surface area contributed by atoms with Gasteiger partial charge in [0, 0.05) is 17.6 Å². The summed E-state index contributed by atoms with van der Waals surface area (Å²) in [6, 6.07) is 17.9. The predicted molar refractivity (Wildman–Crippen MR) is 142 cm³/mol. The molecule has 6 rings (SSSR count). The number of benzene rings is 2. The number of anilines is 1. The third kappa shape index (κ3) is 4.51. The second-order valence-electron chi connectivity index (χ2n) is 9.89. The van der Waals surface area contributed by atoms with Crippen molar-refractivity contribution in [3.8, 4) is 22.8 Å². The number of rotatable bonds is 6. The lowest BCUT2D eigenvalue weighted by Crippen LogP contribution is -2.65. The first kappa shape index (κ1) is 23.4. The highest BCUT2D eigenvalue weighted by molar-refractivity contribution is 5.98. The van der Waals surface area contributed by atoms with Gasteiger partial charge in [0.05, 0.1) is 17.5 Å². The molecule has 37 heavy (non-hydrogen) atoms. The van der Waals surface area contributed by atoms with E-state index < -0.39 is 0 Å². The molecule has 0 spiro atoms. The molecule has 4 aromatic rings. The Hall–Kier alpha value is -3.98. The zero-order chi connectivity index (χ0) is 25.4. The fraction of sp³-hybridized carbons (Fsp3) is 0.357. The van der Waals surface area contributed by atoms with E-state index in [9.17, 15) is 4.79 Å². The predicted octanol–water partition coefficient (Wildman–Crippen LogP) is 4.22. The number of ether oxygens (including phenoxy) is 1. The maximum atomic E-state index is 12.5. The Labute approximate surface area is 215 Å². The minimum atomic E-state index is -0.135. The summed E-state index contributed by atoms with van der Waals surface area (Å²) < 4.78 is 7.97. The third-order valence-electron chi connectivity index (χ3n) is 7.43. The van der Waals surface area contributed by atoms with Crippen LogP contribution in [-0.4, -0.2) is 43.8 Å². The van der Waals surface area contributed by atoms with Gasteiger partial charge in [0.1, 0.15) is 29.3 Å². The van der Waals surface area contributed by atoms with Gasteiger partial charge < -0.3 is 21.1 Å². The van der Waals surface area contributed by atoms with Crippen molar-refractivity contribution in [2.24, 2.45) is 0 Å². The number of para-hydroxylation sites is 1. The monoisotopic (exact) mass is 497 g/mol. The van der Waals surface area contributed by atoms with Crippen LogP contribution in [0.1, 0.15) is 45.1 Å². The highest BCUT2D eigenvalue weighted by Gasteiger charge is 2.40. The largest absolute Gasteiger partial charge is 0.457 e. The molecular formula is C28H31N7O2. The third-order valence-corrected chi connectivity index (χ3v) is 7.43. The van der Waals surface area contributed by atoms with Crippen LogP contribution in [0.5, 0.6) is 11.5 Å². The van der Waals surface area contributed by atoms with Gasteiger partial charge in [-0.1, -0.05) is 31.5 Å². The summed E-state index contributed by atoms with van der Waals surface area (Å²) in [6.07, 6.45) is 5.93.